The maximum atomic E-state index is 10.7. The fraction of sp³-hybridized carbons (Fsp3) is 0.214. The Morgan fingerprint density at radius 2 is 1.90 bits per heavy atom. The zero-order valence-corrected chi connectivity index (χ0v) is 11.7. The highest BCUT2D eigenvalue weighted by molar-refractivity contribution is 5.85. The van der Waals surface area contributed by atoms with E-state index in [4.69, 9.17) is 14.6 Å². The Kier molecular flexibility index (Phi) is 4.55. The van der Waals surface area contributed by atoms with Crippen molar-refractivity contribution in [3.05, 3.63) is 41.6 Å². The highest BCUT2D eigenvalue weighted by atomic mass is 16.5. The van der Waals surface area contributed by atoms with Gasteiger partial charge in [0.15, 0.2) is 17.2 Å². The maximum absolute atomic E-state index is 10.7. The van der Waals surface area contributed by atoms with Gasteiger partial charge in [-0.05, 0) is 29.8 Å². The molecule has 7 nitrogen and oxygen atoms in total. The number of ether oxygens (including phenoxy) is 2. The van der Waals surface area contributed by atoms with Crippen molar-refractivity contribution in [2.24, 2.45) is 0 Å². The minimum Gasteiger partial charge on any atom is -0.493 e. The molecule has 0 bridgehead atoms. The lowest BCUT2D eigenvalue weighted by atomic mass is 10.2. The molecule has 2 aromatic rings. The number of anilines is 1. The van der Waals surface area contributed by atoms with Gasteiger partial charge < -0.3 is 19.9 Å². The Morgan fingerprint density at radius 1 is 1.14 bits per heavy atom. The van der Waals surface area contributed by atoms with Crippen LogP contribution in [0.3, 0.4) is 0 Å². The fourth-order valence-electron chi connectivity index (χ4n) is 1.72. The lowest BCUT2D eigenvalue weighted by Gasteiger charge is -2.10. The monoisotopic (exact) mass is 289 g/mol. The third kappa shape index (κ3) is 3.59. The van der Waals surface area contributed by atoms with E-state index >= 15 is 0 Å². The number of aromatic carboxylic acids is 1. The normalized spacial score (nSPS) is 10.0. The third-order valence-electron chi connectivity index (χ3n) is 2.81. The molecule has 0 saturated carbocycles. The van der Waals surface area contributed by atoms with Gasteiger partial charge in [0.25, 0.3) is 0 Å². The van der Waals surface area contributed by atoms with Crippen LogP contribution in [0.2, 0.25) is 0 Å². The second-order valence-corrected chi connectivity index (χ2v) is 4.15. The van der Waals surface area contributed by atoms with Crippen molar-refractivity contribution in [2.75, 3.05) is 19.5 Å². The summed E-state index contributed by atoms with van der Waals surface area (Å²) in [5.74, 6) is 0.694. The zero-order valence-electron chi connectivity index (χ0n) is 11.7. The topological polar surface area (TPSA) is 93.6 Å². The molecule has 110 valence electrons. The molecule has 7 heteroatoms. The molecule has 0 amide bonds. The minimum atomic E-state index is -1.10. The van der Waals surface area contributed by atoms with E-state index in [0.29, 0.717) is 23.9 Å². The third-order valence-corrected chi connectivity index (χ3v) is 2.81. The van der Waals surface area contributed by atoms with Crippen LogP contribution in [0, 0.1) is 0 Å². The molecule has 0 spiro atoms. The average molecular weight is 289 g/mol. The van der Waals surface area contributed by atoms with Crippen LogP contribution in [0.4, 0.5) is 5.82 Å². The van der Waals surface area contributed by atoms with E-state index in [1.807, 2.05) is 18.2 Å². The van der Waals surface area contributed by atoms with Gasteiger partial charge in [0, 0.05) is 6.54 Å². The van der Waals surface area contributed by atoms with Gasteiger partial charge in [-0.25, -0.2) is 4.79 Å². The molecule has 0 aliphatic heterocycles. The summed E-state index contributed by atoms with van der Waals surface area (Å²) in [7, 11) is 3.15. The highest BCUT2D eigenvalue weighted by Crippen LogP contribution is 2.27. The zero-order chi connectivity index (χ0) is 15.2. The van der Waals surface area contributed by atoms with Crippen LogP contribution in [-0.2, 0) is 6.54 Å². The summed E-state index contributed by atoms with van der Waals surface area (Å²) in [5.41, 5.74) is 0.878. The van der Waals surface area contributed by atoms with Crippen LogP contribution in [-0.4, -0.2) is 35.5 Å². The molecule has 2 rings (SSSR count). The summed E-state index contributed by atoms with van der Waals surface area (Å²) in [6.45, 7) is 0.501. The first-order chi connectivity index (χ1) is 10.1. The molecule has 1 aromatic heterocycles. The number of nitrogens with one attached hydrogen (secondary N) is 1. The summed E-state index contributed by atoms with van der Waals surface area (Å²) in [4.78, 5) is 10.7. The standard InChI is InChI=1S/C14H15N3O4/c1-20-11-5-3-9(7-12(11)21-2)8-15-13-6-4-10(14(18)19)16-17-13/h3-7H,8H2,1-2H3,(H,15,17)(H,18,19). The van der Waals surface area contributed by atoms with Crippen LogP contribution < -0.4 is 14.8 Å². The van der Waals surface area contributed by atoms with E-state index in [1.165, 1.54) is 6.07 Å². The summed E-state index contributed by atoms with van der Waals surface area (Å²) < 4.78 is 10.4. The van der Waals surface area contributed by atoms with Crippen LogP contribution in [0.15, 0.2) is 30.3 Å². The Morgan fingerprint density at radius 3 is 2.48 bits per heavy atom. The molecule has 0 aliphatic rings. The molecule has 21 heavy (non-hydrogen) atoms. The number of methoxy groups -OCH3 is 2. The number of hydrogen-bond donors (Lipinski definition) is 2. The Balaban J connectivity index is 2.04. The van der Waals surface area contributed by atoms with E-state index in [9.17, 15) is 4.79 Å². The molecular weight excluding hydrogens is 274 g/mol. The largest absolute Gasteiger partial charge is 0.493 e. The molecule has 0 aliphatic carbocycles. The summed E-state index contributed by atoms with van der Waals surface area (Å²) in [6, 6.07) is 8.52. The lowest BCUT2D eigenvalue weighted by molar-refractivity contribution is 0.0689. The number of benzene rings is 1. The molecule has 0 saturated heterocycles. The highest BCUT2D eigenvalue weighted by Gasteiger charge is 2.06. The first kappa shape index (κ1) is 14.6. The summed E-state index contributed by atoms with van der Waals surface area (Å²) >= 11 is 0. The van der Waals surface area contributed by atoms with E-state index in [1.54, 1.807) is 20.3 Å². The van der Waals surface area contributed by atoms with Gasteiger partial charge in [0.1, 0.15) is 5.82 Å². The van der Waals surface area contributed by atoms with Crippen LogP contribution in [0.1, 0.15) is 16.1 Å². The fourth-order valence-corrected chi connectivity index (χ4v) is 1.72. The Labute approximate surface area is 121 Å². The number of carboxylic acids is 1. The predicted octanol–water partition coefficient (Wildman–Crippen LogP) is 1.80. The second-order valence-electron chi connectivity index (χ2n) is 4.15. The van der Waals surface area contributed by atoms with Gasteiger partial charge in [-0.15, -0.1) is 10.2 Å². The van der Waals surface area contributed by atoms with Gasteiger partial charge in [0.2, 0.25) is 0 Å². The van der Waals surface area contributed by atoms with Crippen molar-refractivity contribution in [1.29, 1.82) is 0 Å². The maximum Gasteiger partial charge on any atom is 0.356 e. The van der Waals surface area contributed by atoms with Crippen LogP contribution in [0.5, 0.6) is 11.5 Å². The lowest BCUT2D eigenvalue weighted by Crippen LogP contribution is -2.06. The average Bonchev–Trinajstić information content (AvgIpc) is 2.52. The molecule has 0 atom stereocenters. The van der Waals surface area contributed by atoms with Gasteiger partial charge in [-0.2, -0.15) is 0 Å². The summed E-state index contributed by atoms with van der Waals surface area (Å²) in [6.07, 6.45) is 0. The molecule has 1 aromatic carbocycles. The number of aromatic nitrogens is 2. The van der Waals surface area contributed by atoms with E-state index in [0.717, 1.165) is 5.56 Å². The van der Waals surface area contributed by atoms with Crippen molar-refractivity contribution < 1.29 is 19.4 Å². The summed E-state index contributed by atoms with van der Waals surface area (Å²) in [5, 5.41) is 19.2. The minimum absolute atomic E-state index is 0.0910. The van der Waals surface area contributed by atoms with Gasteiger partial charge in [0.05, 0.1) is 14.2 Å². The molecule has 0 unspecified atom stereocenters. The number of carbonyl (C=O) groups is 1. The van der Waals surface area contributed by atoms with Crippen molar-refractivity contribution >= 4 is 11.8 Å². The van der Waals surface area contributed by atoms with Crippen molar-refractivity contribution in [3.8, 4) is 11.5 Å². The smallest absolute Gasteiger partial charge is 0.356 e. The van der Waals surface area contributed by atoms with Crippen LogP contribution in [0.25, 0.3) is 0 Å². The number of carboxylic acid groups (broad SMARTS) is 1. The van der Waals surface area contributed by atoms with Gasteiger partial charge in [-0.1, -0.05) is 6.07 Å². The van der Waals surface area contributed by atoms with E-state index in [2.05, 4.69) is 15.5 Å². The SMILES string of the molecule is COc1ccc(CNc2ccc(C(=O)O)nn2)cc1OC. The predicted molar refractivity (Wildman–Crippen MR) is 75.9 cm³/mol. The first-order valence-corrected chi connectivity index (χ1v) is 6.16. The van der Waals surface area contributed by atoms with Gasteiger partial charge in [-0.3, -0.25) is 0 Å². The Bertz CT molecular complexity index is 629. The number of rotatable bonds is 6. The first-order valence-electron chi connectivity index (χ1n) is 6.16. The van der Waals surface area contributed by atoms with Crippen molar-refractivity contribution in [1.82, 2.24) is 10.2 Å². The Hall–Kier alpha value is -2.83. The molecule has 0 radical (unpaired) electrons. The van der Waals surface area contributed by atoms with Crippen LogP contribution >= 0.6 is 0 Å². The molecule has 1 heterocycles. The number of nitrogens with zero attached hydrogens (tertiary/aromatic N) is 2. The molecular formula is C14H15N3O4. The quantitative estimate of drug-likeness (QED) is 0.837. The molecule has 0 fully saturated rings. The number of hydrogen-bond acceptors (Lipinski definition) is 6. The van der Waals surface area contributed by atoms with Crippen molar-refractivity contribution in [3.63, 3.8) is 0 Å². The molecule has 2 N–H and O–H groups in total. The second kappa shape index (κ2) is 6.56. The van der Waals surface area contributed by atoms with E-state index < -0.39 is 5.97 Å². The van der Waals surface area contributed by atoms with Gasteiger partial charge >= 0.3 is 5.97 Å². The van der Waals surface area contributed by atoms with E-state index in [-0.39, 0.29) is 5.69 Å². The van der Waals surface area contributed by atoms with Crippen molar-refractivity contribution in [2.45, 2.75) is 6.54 Å².